The van der Waals surface area contributed by atoms with Crippen LogP contribution in [-0.2, 0) is 16.0 Å². The van der Waals surface area contributed by atoms with E-state index in [1.54, 1.807) is 12.2 Å². The fourth-order valence-electron chi connectivity index (χ4n) is 3.94. The van der Waals surface area contributed by atoms with E-state index in [1.165, 1.54) is 6.08 Å². The van der Waals surface area contributed by atoms with Crippen molar-refractivity contribution in [3.63, 3.8) is 0 Å². The minimum Gasteiger partial charge on any atom is -0.480 e. The molecule has 8 nitrogen and oxygen atoms in total. The van der Waals surface area contributed by atoms with Gasteiger partial charge in [0.25, 0.3) is 0 Å². The summed E-state index contributed by atoms with van der Waals surface area (Å²) in [5.74, 6) is -0.531. The molecule has 0 bridgehead atoms. The number of carbonyl (C=O) groups is 1. The Labute approximate surface area is 199 Å². The predicted octanol–water partition coefficient (Wildman–Crippen LogP) is 3.20. The number of hydrogen-bond acceptors (Lipinski definition) is 7. The normalized spacial score (nSPS) is 21.1. The minimum atomic E-state index is -1.87. The molecule has 34 heavy (non-hydrogen) atoms. The number of nitriles is 1. The lowest BCUT2D eigenvalue weighted by atomic mass is 9.77. The van der Waals surface area contributed by atoms with Gasteiger partial charge in [0.15, 0.2) is 0 Å². The van der Waals surface area contributed by atoms with E-state index < -0.39 is 23.6 Å². The number of nitrogens with zero attached hydrogens (tertiary/aromatic N) is 2. The van der Waals surface area contributed by atoms with E-state index in [4.69, 9.17) is 9.26 Å². The lowest BCUT2D eigenvalue weighted by Gasteiger charge is -2.32. The summed E-state index contributed by atoms with van der Waals surface area (Å²) < 4.78 is 11.1. The number of aryl methyl sites for hydroxylation is 2. The number of hydrogen-bond donors (Lipinski definition) is 3. The van der Waals surface area contributed by atoms with Crippen molar-refractivity contribution in [2.75, 3.05) is 13.2 Å². The van der Waals surface area contributed by atoms with Gasteiger partial charge in [-0.15, -0.1) is 0 Å². The Bertz CT molecular complexity index is 1090. The van der Waals surface area contributed by atoms with E-state index in [-0.39, 0.29) is 18.7 Å². The monoisotopic (exact) mass is 465 g/mol. The van der Waals surface area contributed by atoms with Crippen molar-refractivity contribution in [2.45, 2.75) is 51.9 Å². The zero-order valence-electron chi connectivity index (χ0n) is 19.9. The Morgan fingerprint density at radius 2 is 2.06 bits per heavy atom. The molecule has 2 aromatic rings. The first-order valence-electron chi connectivity index (χ1n) is 11.2. The van der Waals surface area contributed by atoms with Crippen LogP contribution in [0.2, 0.25) is 0 Å². The number of rotatable bonds is 10. The molecule has 0 amide bonds. The van der Waals surface area contributed by atoms with Gasteiger partial charge in [0, 0.05) is 17.6 Å². The zero-order chi connectivity index (χ0) is 24.9. The molecule has 1 heterocycles. The number of benzene rings is 1. The molecular formula is C26H31N3O5. The molecule has 1 aromatic carbocycles. The number of allylic oxidation sites excluding steroid dienone is 2. The molecule has 3 atom stereocenters. The first-order valence-corrected chi connectivity index (χ1v) is 11.2. The zero-order valence-corrected chi connectivity index (χ0v) is 19.9. The third kappa shape index (κ3) is 5.62. The van der Waals surface area contributed by atoms with Gasteiger partial charge in [-0.25, -0.2) is 0 Å². The highest BCUT2D eigenvalue weighted by atomic mass is 16.5. The van der Waals surface area contributed by atoms with Gasteiger partial charge in [0.2, 0.25) is 5.41 Å². The van der Waals surface area contributed by atoms with Crippen molar-refractivity contribution in [2.24, 2.45) is 5.41 Å². The number of aliphatic carboxylic acids is 1. The van der Waals surface area contributed by atoms with Crippen molar-refractivity contribution in [3.05, 3.63) is 71.1 Å². The Morgan fingerprint density at radius 1 is 1.35 bits per heavy atom. The van der Waals surface area contributed by atoms with Gasteiger partial charge in [0.1, 0.15) is 11.9 Å². The highest BCUT2D eigenvalue weighted by Crippen LogP contribution is 2.35. The summed E-state index contributed by atoms with van der Waals surface area (Å²) >= 11 is 0. The average Bonchev–Trinajstić information content (AvgIpc) is 3.13. The second kappa shape index (κ2) is 10.3. The van der Waals surface area contributed by atoms with Crippen LogP contribution < -0.4 is 5.32 Å². The predicted molar refractivity (Wildman–Crippen MR) is 127 cm³/mol. The maximum atomic E-state index is 12.0. The first kappa shape index (κ1) is 25.4. The number of aliphatic hydroxyl groups excluding tert-OH is 1. The third-order valence-corrected chi connectivity index (χ3v) is 6.04. The smallest absolute Gasteiger partial charge is 0.331 e. The summed E-state index contributed by atoms with van der Waals surface area (Å²) in [6, 6.07) is 11.3. The number of β-amino-alcohol motifs (C(OH)–C–C–N with tert-alkyl or cyclic N) is 1. The molecule has 0 radical (unpaired) electrons. The fourth-order valence-corrected chi connectivity index (χ4v) is 3.94. The molecule has 3 N–H and O–H groups in total. The number of aliphatic hydroxyl groups is 1. The van der Waals surface area contributed by atoms with Crippen LogP contribution in [0.5, 0.6) is 0 Å². The molecule has 1 aliphatic carbocycles. The number of aromatic nitrogens is 1. The largest absolute Gasteiger partial charge is 0.480 e. The minimum absolute atomic E-state index is 0.137. The summed E-state index contributed by atoms with van der Waals surface area (Å²) in [7, 11) is 0. The van der Waals surface area contributed by atoms with Gasteiger partial charge in [-0.2, -0.15) is 5.26 Å². The van der Waals surface area contributed by atoms with E-state index in [2.05, 4.69) is 10.5 Å². The van der Waals surface area contributed by atoms with Crippen LogP contribution in [0, 0.1) is 30.6 Å². The van der Waals surface area contributed by atoms with Crippen LogP contribution in [0.4, 0.5) is 0 Å². The van der Waals surface area contributed by atoms with Crippen molar-refractivity contribution >= 4 is 11.5 Å². The van der Waals surface area contributed by atoms with E-state index in [0.717, 1.165) is 28.2 Å². The highest BCUT2D eigenvalue weighted by Gasteiger charge is 2.46. The van der Waals surface area contributed by atoms with Crippen molar-refractivity contribution in [1.29, 1.82) is 5.26 Å². The maximum Gasteiger partial charge on any atom is 0.331 e. The van der Waals surface area contributed by atoms with Crippen LogP contribution in [0.1, 0.15) is 36.4 Å². The quantitative estimate of drug-likeness (QED) is 0.488. The third-order valence-electron chi connectivity index (χ3n) is 6.04. The second-order valence-corrected chi connectivity index (χ2v) is 9.26. The lowest BCUT2D eigenvalue weighted by molar-refractivity contribution is -0.149. The maximum absolute atomic E-state index is 12.0. The van der Waals surface area contributed by atoms with Crippen LogP contribution >= 0.6 is 0 Å². The fraction of sp³-hybridized carbons (Fsp3) is 0.423. The molecule has 1 aliphatic rings. The summed E-state index contributed by atoms with van der Waals surface area (Å²) in [5.41, 5.74) is 1.28. The van der Waals surface area contributed by atoms with Crippen LogP contribution in [0.3, 0.4) is 0 Å². The van der Waals surface area contributed by atoms with Gasteiger partial charge in [-0.05, 0) is 57.4 Å². The Balaban J connectivity index is 1.66. The molecular weight excluding hydrogens is 434 g/mol. The van der Waals surface area contributed by atoms with Crippen molar-refractivity contribution in [3.8, 4) is 6.07 Å². The van der Waals surface area contributed by atoms with Gasteiger partial charge < -0.3 is 24.8 Å². The van der Waals surface area contributed by atoms with Gasteiger partial charge >= 0.3 is 5.97 Å². The number of carboxylic acids is 1. The van der Waals surface area contributed by atoms with E-state index >= 15 is 0 Å². The Kier molecular flexibility index (Phi) is 7.72. The summed E-state index contributed by atoms with van der Waals surface area (Å²) in [6.45, 7) is 7.87. The molecule has 0 spiro atoms. The molecule has 0 fully saturated rings. The first-order chi connectivity index (χ1) is 16.1. The average molecular weight is 466 g/mol. The highest BCUT2D eigenvalue weighted by molar-refractivity contribution is 5.87. The van der Waals surface area contributed by atoms with Crippen LogP contribution in [0.25, 0.3) is 5.57 Å². The molecule has 180 valence electrons. The van der Waals surface area contributed by atoms with E-state index in [1.807, 2.05) is 64.1 Å². The van der Waals surface area contributed by atoms with Crippen molar-refractivity contribution < 1.29 is 24.3 Å². The molecule has 8 heteroatoms. The van der Waals surface area contributed by atoms with Crippen LogP contribution in [-0.4, -0.2) is 52.2 Å². The van der Waals surface area contributed by atoms with E-state index in [9.17, 15) is 20.3 Å². The number of nitrogens with one attached hydrogen (secondary N) is 1. The SMILES string of the molecule is Cc1noc(C)c1CC(C)(C)NC[C@@H](O)COC1C=C(c2ccccc2)C=CC1(C#N)C(=O)O. The number of carboxylic acid groups (broad SMARTS) is 1. The Hall–Kier alpha value is -3.25. The van der Waals surface area contributed by atoms with Crippen LogP contribution in [0.15, 0.2) is 53.1 Å². The summed E-state index contributed by atoms with van der Waals surface area (Å²) in [6.07, 6.45) is 3.32. The standard InChI is InChI=1S/C26H31N3O5/c1-17-22(18(2)34-29-17)13-25(3,4)28-14-21(30)15-33-23-12-20(19-8-6-5-7-9-19)10-11-26(23,16-27)24(31)32/h5-12,21,23,28,30H,13-15H2,1-4H3,(H,31,32)/t21-,23?,26?/m1/s1. The van der Waals surface area contributed by atoms with Gasteiger partial charge in [-0.3, -0.25) is 4.79 Å². The molecule has 3 rings (SSSR count). The van der Waals surface area contributed by atoms with Crippen molar-refractivity contribution in [1.82, 2.24) is 10.5 Å². The summed E-state index contributed by atoms with van der Waals surface area (Å²) in [4.78, 5) is 12.0. The molecule has 0 saturated heterocycles. The molecule has 1 aromatic heterocycles. The number of ether oxygens (including phenoxy) is 1. The van der Waals surface area contributed by atoms with Gasteiger partial charge in [-0.1, -0.05) is 41.6 Å². The van der Waals surface area contributed by atoms with E-state index in [0.29, 0.717) is 6.42 Å². The summed E-state index contributed by atoms with van der Waals surface area (Å²) in [5, 5.41) is 37.4. The lowest BCUT2D eigenvalue weighted by Crippen LogP contribution is -2.47. The Morgan fingerprint density at radius 3 is 2.65 bits per heavy atom. The van der Waals surface area contributed by atoms with Gasteiger partial charge in [0.05, 0.1) is 24.5 Å². The molecule has 2 unspecified atom stereocenters. The molecule has 0 aliphatic heterocycles. The second-order valence-electron chi connectivity index (χ2n) is 9.26. The topological polar surface area (TPSA) is 129 Å². The molecule has 0 saturated carbocycles.